The molecule has 3 aromatic carbocycles. The van der Waals surface area contributed by atoms with Gasteiger partial charge in [0.05, 0.1) is 23.4 Å². The van der Waals surface area contributed by atoms with Gasteiger partial charge < -0.3 is 4.74 Å². The monoisotopic (exact) mass is 490 g/mol. The predicted molar refractivity (Wildman–Crippen MR) is 142 cm³/mol. The van der Waals surface area contributed by atoms with Crippen molar-refractivity contribution in [2.24, 2.45) is 5.10 Å². The quantitative estimate of drug-likeness (QED) is 0.416. The molecule has 1 fully saturated rings. The Hall–Kier alpha value is -3.95. The summed E-state index contributed by atoms with van der Waals surface area (Å²) in [4.78, 5) is 16.0. The molecule has 6 rings (SSSR count). The van der Waals surface area contributed by atoms with Crippen molar-refractivity contribution in [3.8, 4) is 11.8 Å². The molecule has 6 heteroatoms. The fraction of sp³-hybridized carbons (Fsp3) is 0.323. The smallest absolute Gasteiger partial charge is 0.251 e. The van der Waals surface area contributed by atoms with Crippen LogP contribution in [-0.2, 0) is 6.54 Å². The summed E-state index contributed by atoms with van der Waals surface area (Å²) in [7, 11) is 2.23. The number of ether oxygens (including phenoxy) is 1. The number of nitriles is 1. The van der Waals surface area contributed by atoms with E-state index in [0.29, 0.717) is 23.6 Å². The van der Waals surface area contributed by atoms with Crippen molar-refractivity contribution in [3.63, 3.8) is 0 Å². The molecular weight excluding hydrogens is 460 g/mol. The molecule has 37 heavy (non-hydrogen) atoms. The number of hydrogen-bond donors (Lipinski definition) is 0. The molecule has 3 aromatic rings. The molecule has 0 saturated heterocycles. The van der Waals surface area contributed by atoms with Crippen molar-refractivity contribution >= 4 is 11.5 Å². The number of ketones is 1. The SMILES string of the molecule is CN(Cc1ccc(C2=NN3C(C(=O)c4ccc(C#N)cc4)Oc4ccccc4C3C2)cc1)C1CCCC1. The second kappa shape index (κ2) is 9.84. The highest BCUT2D eigenvalue weighted by atomic mass is 16.5. The van der Waals surface area contributed by atoms with Crippen LogP contribution >= 0.6 is 0 Å². The van der Waals surface area contributed by atoms with E-state index in [9.17, 15) is 4.79 Å². The zero-order valence-electron chi connectivity index (χ0n) is 21.0. The lowest BCUT2D eigenvalue weighted by atomic mass is 9.95. The van der Waals surface area contributed by atoms with Crippen molar-refractivity contribution in [1.29, 1.82) is 5.26 Å². The van der Waals surface area contributed by atoms with Crippen molar-refractivity contribution in [2.45, 2.75) is 57.0 Å². The molecule has 2 aliphatic heterocycles. The Balaban J connectivity index is 1.26. The van der Waals surface area contributed by atoms with Crippen molar-refractivity contribution < 1.29 is 9.53 Å². The van der Waals surface area contributed by atoms with E-state index in [4.69, 9.17) is 15.1 Å². The minimum Gasteiger partial charge on any atom is -0.461 e. The highest BCUT2D eigenvalue weighted by molar-refractivity contribution is 6.03. The molecule has 0 N–H and O–H groups in total. The molecule has 3 aliphatic rings. The van der Waals surface area contributed by atoms with Crippen LogP contribution in [0, 0.1) is 11.3 Å². The van der Waals surface area contributed by atoms with E-state index in [-0.39, 0.29) is 11.8 Å². The average Bonchev–Trinajstić information content (AvgIpc) is 3.64. The first kappa shape index (κ1) is 23.4. The molecule has 1 aliphatic carbocycles. The number of carbonyl (C=O) groups is 1. The Morgan fingerprint density at radius 1 is 1.05 bits per heavy atom. The summed E-state index contributed by atoms with van der Waals surface area (Å²) in [5.41, 5.74) is 5.39. The van der Waals surface area contributed by atoms with Crippen LogP contribution in [0.2, 0.25) is 0 Å². The van der Waals surface area contributed by atoms with Crippen molar-refractivity contribution in [3.05, 3.63) is 101 Å². The summed E-state index contributed by atoms with van der Waals surface area (Å²) in [6.45, 7) is 0.953. The number of Topliss-reactive ketones (excluding diaryl/α,β-unsaturated/α-hetero) is 1. The molecule has 0 radical (unpaired) electrons. The first-order chi connectivity index (χ1) is 18.1. The Kier molecular flexibility index (Phi) is 6.23. The fourth-order valence-electron chi connectivity index (χ4n) is 5.80. The van der Waals surface area contributed by atoms with Crippen molar-refractivity contribution in [1.82, 2.24) is 9.91 Å². The third-order valence-corrected chi connectivity index (χ3v) is 7.89. The largest absolute Gasteiger partial charge is 0.461 e. The molecule has 186 valence electrons. The first-order valence-electron chi connectivity index (χ1n) is 13.1. The first-order valence-corrected chi connectivity index (χ1v) is 13.1. The van der Waals surface area contributed by atoms with E-state index < -0.39 is 6.23 Å². The molecular formula is C31H30N4O2. The number of hydrogen-bond acceptors (Lipinski definition) is 6. The van der Waals surface area contributed by atoms with Gasteiger partial charge in [0.15, 0.2) is 0 Å². The third-order valence-electron chi connectivity index (χ3n) is 7.89. The highest BCUT2D eigenvalue weighted by Crippen LogP contribution is 2.43. The molecule has 0 aromatic heterocycles. The second-order valence-corrected chi connectivity index (χ2v) is 10.3. The van der Waals surface area contributed by atoms with Gasteiger partial charge in [0.25, 0.3) is 6.23 Å². The summed E-state index contributed by atoms with van der Waals surface area (Å²) >= 11 is 0. The maximum Gasteiger partial charge on any atom is 0.251 e. The zero-order chi connectivity index (χ0) is 25.4. The zero-order valence-corrected chi connectivity index (χ0v) is 21.0. The number of para-hydroxylation sites is 1. The van der Waals surface area contributed by atoms with Crippen LogP contribution < -0.4 is 4.74 Å². The van der Waals surface area contributed by atoms with Gasteiger partial charge in [-0.2, -0.15) is 10.4 Å². The lowest BCUT2D eigenvalue weighted by Gasteiger charge is -2.37. The predicted octanol–water partition coefficient (Wildman–Crippen LogP) is 5.69. The van der Waals surface area contributed by atoms with Gasteiger partial charge in [0, 0.05) is 30.1 Å². The average molecular weight is 491 g/mol. The van der Waals surface area contributed by atoms with E-state index in [1.165, 1.54) is 31.2 Å². The van der Waals surface area contributed by atoms with Gasteiger partial charge >= 0.3 is 0 Å². The summed E-state index contributed by atoms with van der Waals surface area (Å²) in [6, 6.07) is 26.0. The molecule has 0 spiro atoms. The Morgan fingerprint density at radius 3 is 2.51 bits per heavy atom. The maximum atomic E-state index is 13.5. The van der Waals surface area contributed by atoms with Gasteiger partial charge in [-0.05, 0) is 61.3 Å². The minimum atomic E-state index is -0.857. The molecule has 2 heterocycles. The van der Waals surface area contributed by atoms with Crippen LogP contribution in [0.4, 0.5) is 0 Å². The number of nitrogens with zero attached hydrogens (tertiary/aromatic N) is 4. The number of hydrazone groups is 1. The van der Waals surface area contributed by atoms with Gasteiger partial charge in [-0.3, -0.25) is 9.69 Å². The van der Waals surface area contributed by atoms with Gasteiger partial charge in [-0.1, -0.05) is 55.3 Å². The van der Waals surface area contributed by atoms with E-state index >= 15 is 0 Å². The number of rotatable bonds is 6. The topological polar surface area (TPSA) is 68.9 Å². The number of fused-ring (bicyclic) bond motifs is 3. The minimum absolute atomic E-state index is 0.0690. The van der Waals surface area contributed by atoms with Crippen LogP contribution in [0.3, 0.4) is 0 Å². The Morgan fingerprint density at radius 2 is 1.78 bits per heavy atom. The van der Waals surface area contributed by atoms with Crippen LogP contribution in [-0.4, -0.2) is 40.7 Å². The molecule has 2 unspecified atom stereocenters. The molecule has 1 saturated carbocycles. The van der Waals surface area contributed by atoms with E-state index in [1.807, 2.05) is 23.2 Å². The van der Waals surface area contributed by atoms with E-state index in [2.05, 4.69) is 48.3 Å². The van der Waals surface area contributed by atoms with Crippen LogP contribution in [0.5, 0.6) is 5.75 Å². The van der Waals surface area contributed by atoms with E-state index in [0.717, 1.165) is 29.1 Å². The van der Waals surface area contributed by atoms with Gasteiger partial charge in [-0.25, -0.2) is 5.01 Å². The second-order valence-electron chi connectivity index (χ2n) is 10.3. The lowest BCUT2D eigenvalue weighted by molar-refractivity contribution is -0.00455. The highest BCUT2D eigenvalue weighted by Gasteiger charge is 2.43. The summed E-state index contributed by atoms with van der Waals surface area (Å²) in [5.74, 6) is 0.553. The fourth-order valence-corrected chi connectivity index (χ4v) is 5.80. The molecule has 2 atom stereocenters. The molecule has 0 bridgehead atoms. The normalized spacial score (nSPS) is 20.7. The third kappa shape index (κ3) is 4.52. The number of benzene rings is 3. The van der Waals surface area contributed by atoms with Crippen LogP contribution in [0.15, 0.2) is 77.9 Å². The summed E-state index contributed by atoms with van der Waals surface area (Å²) in [5, 5.41) is 15.9. The number of carbonyl (C=O) groups excluding carboxylic acids is 1. The standard InChI is InChI=1S/C31H30N4O2/c1-34(25-6-2-3-7-25)20-22-12-14-23(15-13-22)27-18-28-26-8-4-5-9-29(26)37-31(35(28)33-27)30(36)24-16-10-21(19-32)11-17-24/h4-5,8-17,25,28,31H,2-3,6-7,18,20H2,1H3. The summed E-state index contributed by atoms with van der Waals surface area (Å²) in [6.07, 6.45) is 5.13. The molecule has 0 amide bonds. The lowest BCUT2D eigenvalue weighted by Crippen LogP contribution is -2.45. The van der Waals surface area contributed by atoms with E-state index in [1.54, 1.807) is 24.3 Å². The van der Waals surface area contributed by atoms with Crippen LogP contribution in [0.1, 0.15) is 70.8 Å². The maximum absolute atomic E-state index is 13.5. The van der Waals surface area contributed by atoms with Gasteiger partial charge in [0.2, 0.25) is 5.78 Å². The van der Waals surface area contributed by atoms with Gasteiger partial charge in [-0.15, -0.1) is 0 Å². The van der Waals surface area contributed by atoms with Crippen molar-refractivity contribution in [2.75, 3.05) is 7.05 Å². The Labute approximate surface area is 217 Å². The summed E-state index contributed by atoms with van der Waals surface area (Å²) < 4.78 is 6.21. The van der Waals surface area contributed by atoms with Crippen LogP contribution in [0.25, 0.3) is 0 Å². The Bertz CT molecular complexity index is 1370. The van der Waals surface area contributed by atoms with Gasteiger partial charge in [0.1, 0.15) is 5.75 Å². The molecule has 6 nitrogen and oxygen atoms in total.